The van der Waals surface area contributed by atoms with E-state index in [1.54, 1.807) is 6.33 Å². The van der Waals surface area contributed by atoms with Gasteiger partial charge in [-0.2, -0.15) is 10.2 Å². The van der Waals surface area contributed by atoms with Crippen molar-refractivity contribution in [1.82, 2.24) is 15.0 Å². The van der Waals surface area contributed by atoms with Crippen LogP contribution in [0.4, 0.5) is 5.82 Å². The lowest BCUT2D eigenvalue weighted by molar-refractivity contribution is 0.564. The summed E-state index contributed by atoms with van der Waals surface area (Å²) < 4.78 is 3.79. The third kappa shape index (κ3) is 2.51. The zero-order valence-corrected chi connectivity index (χ0v) is 13.3. The molecule has 2 unspecified atom stereocenters. The van der Waals surface area contributed by atoms with Crippen LogP contribution in [0.2, 0.25) is 0 Å². The van der Waals surface area contributed by atoms with Crippen molar-refractivity contribution in [3.05, 3.63) is 18.6 Å². The smallest absolute Gasteiger partial charge is 0.147 e. The summed E-state index contributed by atoms with van der Waals surface area (Å²) in [4.78, 5) is 11.9. The summed E-state index contributed by atoms with van der Waals surface area (Å²) in [5.41, 5.74) is 0.924. The van der Waals surface area contributed by atoms with E-state index in [1.807, 2.05) is 6.20 Å². The Bertz CT molecular complexity index is 594. The van der Waals surface area contributed by atoms with Gasteiger partial charge in [0.25, 0.3) is 0 Å². The standard InChI is InChI=1S/C15H24N4S/c1-4-20(9-12(20)6-5-11(2)3)19-15-13-7-8-16-14(13)17-10-18-15/h7-8,10-12H,4-6,9H2,1-3H3,(H2,16,17,18,19). The third-order valence-corrected chi connectivity index (χ3v) is 8.12. The molecule has 0 spiro atoms. The van der Waals surface area contributed by atoms with Crippen LogP contribution in [0.25, 0.3) is 11.0 Å². The normalized spacial score (nSPS) is 28.5. The minimum absolute atomic E-state index is 0.683. The molecule has 2 aromatic rings. The first kappa shape index (κ1) is 13.7. The van der Waals surface area contributed by atoms with E-state index < -0.39 is 10.2 Å². The van der Waals surface area contributed by atoms with Crippen LogP contribution in [0.15, 0.2) is 18.6 Å². The van der Waals surface area contributed by atoms with Crippen LogP contribution in [-0.4, -0.2) is 31.7 Å². The molecule has 1 aliphatic heterocycles. The first-order chi connectivity index (χ1) is 9.64. The Kier molecular flexibility index (Phi) is 3.63. The molecule has 0 aromatic carbocycles. The number of nitrogens with zero attached hydrogens (tertiary/aromatic N) is 2. The summed E-state index contributed by atoms with van der Waals surface area (Å²) in [7, 11) is -0.683. The highest BCUT2D eigenvalue weighted by Gasteiger charge is 2.47. The average Bonchev–Trinajstić information content (AvgIpc) is 2.89. The van der Waals surface area contributed by atoms with E-state index in [0.717, 1.165) is 28.0 Å². The molecule has 1 fully saturated rings. The van der Waals surface area contributed by atoms with Crippen LogP contribution in [0.5, 0.6) is 0 Å². The van der Waals surface area contributed by atoms with Crippen molar-refractivity contribution < 1.29 is 0 Å². The van der Waals surface area contributed by atoms with Gasteiger partial charge < -0.3 is 9.71 Å². The SMILES string of the molecule is CCS1(Nc2ncnc3[nH]ccc23)CC1CCC(C)C. The van der Waals surface area contributed by atoms with E-state index in [-0.39, 0.29) is 0 Å². The van der Waals surface area contributed by atoms with Gasteiger partial charge in [0.1, 0.15) is 17.8 Å². The minimum Gasteiger partial charge on any atom is -0.346 e. The predicted octanol–water partition coefficient (Wildman–Crippen LogP) is 3.93. The first-order valence-corrected chi connectivity index (χ1v) is 9.51. The van der Waals surface area contributed by atoms with Crippen LogP contribution in [0.1, 0.15) is 33.6 Å². The topological polar surface area (TPSA) is 53.6 Å². The fourth-order valence-electron chi connectivity index (χ4n) is 2.82. The molecule has 0 amide bonds. The van der Waals surface area contributed by atoms with E-state index in [9.17, 15) is 0 Å². The number of aromatic nitrogens is 3. The van der Waals surface area contributed by atoms with Gasteiger partial charge in [0.05, 0.1) is 5.39 Å². The molecule has 5 heteroatoms. The molecular weight excluding hydrogens is 268 g/mol. The maximum Gasteiger partial charge on any atom is 0.147 e. The number of fused-ring (bicyclic) bond motifs is 1. The van der Waals surface area contributed by atoms with Crippen molar-refractivity contribution in [2.24, 2.45) is 5.92 Å². The lowest BCUT2D eigenvalue weighted by atomic mass is 10.1. The molecule has 2 atom stereocenters. The summed E-state index contributed by atoms with van der Waals surface area (Å²) >= 11 is 0. The Morgan fingerprint density at radius 3 is 3.05 bits per heavy atom. The molecule has 0 radical (unpaired) electrons. The summed E-state index contributed by atoms with van der Waals surface area (Å²) in [5.74, 6) is 4.41. The molecule has 20 heavy (non-hydrogen) atoms. The Morgan fingerprint density at radius 1 is 1.45 bits per heavy atom. The maximum atomic E-state index is 4.46. The highest BCUT2D eigenvalue weighted by Crippen LogP contribution is 2.68. The Hall–Kier alpha value is -1.23. The number of H-pyrrole nitrogens is 1. The summed E-state index contributed by atoms with van der Waals surface area (Å²) in [6, 6.07) is 2.06. The molecular formula is C15H24N4S. The number of hydrogen-bond acceptors (Lipinski definition) is 3. The second kappa shape index (κ2) is 5.28. The van der Waals surface area contributed by atoms with E-state index in [4.69, 9.17) is 0 Å². The predicted molar refractivity (Wildman–Crippen MR) is 88.4 cm³/mol. The first-order valence-electron chi connectivity index (χ1n) is 7.48. The van der Waals surface area contributed by atoms with E-state index in [2.05, 4.69) is 46.5 Å². The molecule has 0 saturated carbocycles. The van der Waals surface area contributed by atoms with E-state index >= 15 is 0 Å². The molecule has 4 nitrogen and oxygen atoms in total. The lowest BCUT2D eigenvalue weighted by Gasteiger charge is -2.24. The zero-order valence-electron chi connectivity index (χ0n) is 12.5. The number of hydrogen-bond donors (Lipinski definition) is 2. The van der Waals surface area contributed by atoms with E-state index in [1.165, 1.54) is 24.3 Å². The second-order valence-corrected chi connectivity index (χ2v) is 9.73. The highest BCUT2D eigenvalue weighted by molar-refractivity contribution is 8.41. The zero-order chi connectivity index (χ0) is 14.2. The van der Waals surface area contributed by atoms with Crippen molar-refractivity contribution in [1.29, 1.82) is 0 Å². The van der Waals surface area contributed by atoms with Crippen molar-refractivity contribution in [3.63, 3.8) is 0 Å². The lowest BCUT2D eigenvalue weighted by Crippen LogP contribution is -2.06. The molecule has 1 saturated heterocycles. The van der Waals surface area contributed by atoms with E-state index in [0.29, 0.717) is 0 Å². The average molecular weight is 292 g/mol. The number of rotatable bonds is 6. The Balaban J connectivity index is 1.75. The second-order valence-electron chi connectivity index (χ2n) is 6.06. The fourth-order valence-corrected chi connectivity index (χ4v) is 6.30. The van der Waals surface area contributed by atoms with Crippen LogP contribution in [0, 0.1) is 5.92 Å². The Morgan fingerprint density at radius 2 is 2.30 bits per heavy atom. The van der Waals surface area contributed by atoms with Gasteiger partial charge in [-0.1, -0.05) is 20.8 Å². The third-order valence-electron chi connectivity index (χ3n) is 4.24. The van der Waals surface area contributed by atoms with Gasteiger partial charge in [-0.3, -0.25) is 0 Å². The van der Waals surface area contributed by atoms with Crippen molar-refractivity contribution in [2.45, 2.75) is 38.9 Å². The summed E-state index contributed by atoms with van der Waals surface area (Å²) in [6.07, 6.45) is 6.27. The van der Waals surface area contributed by atoms with Crippen LogP contribution < -0.4 is 4.72 Å². The molecule has 3 rings (SSSR count). The van der Waals surface area contributed by atoms with Gasteiger partial charge in [0.15, 0.2) is 0 Å². The maximum absolute atomic E-state index is 4.46. The van der Waals surface area contributed by atoms with Gasteiger partial charge >= 0.3 is 0 Å². The molecule has 2 aromatic heterocycles. The van der Waals surface area contributed by atoms with Crippen molar-refractivity contribution in [3.8, 4) is 0 Å². The molecule has 2 N–H and O–H groups in total. The van der Waals surface area contributed by atoms with Gasteiger partial charge in [-0.15, -0.1) is 0 Å². The summed E-state index contributed by atoms with van der Waals surface area (Å²) in [5, 5.41) is 1.99. The Labute approximate surface area is 122 Å². The molecule has 0 aliphatic carbocycles. The fraction of sp³-hybridized carbons (Fsp3) is 0.600. The number of aromatic amines is 1. The number of anilines is 1. The monoisotopic (exact) mass is 292 g/mol. The number of nitrogens with one attached hydrogen (secondary N) is 2. The molecule has 0 bridgehead atoms. The molecule has 1 aliphatic rings. The van der Waals surface area contributed by atoms with Crippen molar-refractivity contribution >= 4 is 27.1 Å². The van der Waals surface area contributed by atoms with Gasteiger partial charge in [0.2, 0.25) is 0 Å². The quantitative estimate of drug-likeness (QED) is 0.793. The molecule has 3 heterocycles. The van der Waals surface area contributed by atoms with Gasteiger partial charge in [-0.25, -0.2) is 9.97 Å². The van der Waals surface area contributed by atoms with Gasteiger partial charge in [-0.05, 0) is 30.6 Å². The largest absolute Gasteiger partial charge is 0.346 e. The van der Waals surface area contributed by atoms with Crippen LogP contribution in [0.3, 0.4) is 0 Å². The van der Waals surface area contributed by atoms with Gasteiger partial charge in [0, 0.05) is 17.2 Å². The molecule has 110 valence electrons. The highest BCUT2D eigenvalue weighted by atomic mass is 32.3. The van der Waals surface area contributed by atoms with Crippen LogP contribution in [-0.2, 0) is 0 Å². The van der Waals surface area contributed by atoms with Crippen LogP contribution >= 0.6 is 10.2 Å². The summed E-state index contributed by atoms with van der Waals surface area (Å²) in [6.45, 7) is 6.94. The minimum atomic E-state index is -0.683. The van der Waals surface area contributed by atoms with Crippen molar-refractivity contribution in [2.75, 3.05) is 16.2 Å².